The number of nitrogens with zero attached hydrogens (tertiary/aromatic N) is 3. The van der Waals surface area contributed by atoms with Crippen molar-refractivity contribution < 1.29 is 0 Å². The molecule has 0 aromatic carbocycles. The van der Waals surface area contributed by atoms with Gasteiger partial charge in [0.25, 0.3) is 0 Å². The first-order valence-electron chi connectivity index (χ1n) is 7.89. The van der Waals surface area contributed by atoms with Crippen LogP contribution >= 0.6 is 15.9 Å². The number of hydrogen-bond acceptors (Lipinski definition) is 3. The van der Waals surface area contributed by atoms with E-state index in [1.54, 1.807) is 0 Å². The first-order chi connectivity index (χ1) is 9.74. The average Bonchev–Trinajstić information content (AvgIpc) is 2.64. The smallest absolute Gasteiger partial charge is 0.0739 e. The summed E-state index contributed by atoms with van der Waals surface area (Å²) in [5.41, 5.74) is 2.64. The lowest BCUT2D eigenvalue weighted by molar-refractivity contribution is 0.0754. The van der Waals surface area contributed by atoms with Crippen molar-refractivity contribution in [1.82, 2.24) is 20.0 Å². The third-order valence-corrected chi connectivity index (χ3v) is 5.70. The van der Waals surface area contributed by atoms with Gasteiger partial charge in [0, 0.05) is 38.8 Å². The summed E-state index contributed by atoms with van der Waals surface area (Å²) in [7, 11) is 2.04. The normalized spacial score (nSPS) is 24.5. The molecule has 1 fully saturated rings. The van der Waals surface area contributed by atoms with Crippen LogP contribution in [0.5, 0.6) is 0 Å². The summed E-state index contributed by atoms with van der Waals surface area (Å²) in [6.45, 7) is 14.4. The van der Waals surface area contributed by atoms with E-state index < -0.39 is 0 Å². The van der Waals surface area contributed by atoms with Gasteiger partial charge in [0.15, 0.2) is 0 Å². The van der Waals surface area contributed by atoms with E-state index in [1.165, 1.54) is 12.1 Å². The fourth-order valence-corrected chi connectivity index (χ4v) is 3.54. The molecule has 0 bridgehead atoms. The van der Waals surface area contributed by atoms with Gasteiger partial charge < -0.3 is 5.32 Å². The van der Waals surface area contributed by atoms with Crippen molar-refractivity contribution in [3.63, 3.8) is 0 Å². The van der Waals surface area contributed by atoms with Crippen LogP contribution in [0, 0.1) is 12.3 Å². The topological polar surface area (TPSA) is 33.1 Å². The van der Waals surface area contributed by atoms with E-state index in [4.69, 9.17) is 0 Å². The van der Waals surface area contributed by atoms with Crippen LogP contribution in [-0.4, -0.2) is 39.9 Å². The van der Waals surface area contributed by atoms with Crippen LogP contribution in [0.1, 0.15) is 45.5 Å². The lowest BCUT2D eigenvalue weighted by atomic mass is 9.84. The highest BCUT2D eigenvalue weighted by molar-refractivity contribution is 9.10. The van der Waals surface area contributed by atoms with Gasteiger partial charge in [-0.3, -0.25) is 9.58 Å². The lowest BCUT2D eigenvalue weighted by Crippen LogP contribution is -2.59. The SMILES string of the molecule is CCC1CNC(C(C)(C)C)CN1Cc1c(Br)c(C)nn1C. The van der Waals surface area contributed by atoms with Crippen molar-refractivity contribution in [3.8, 4) is 0 Å². The maximum Gasteiger partial charge on any atom is 0.0739 e. The third-order valence-electron chi connectivity index (χ3n) is 4.66. The Morgan fingerprint density at radius 1 is 1.38 bits per heavy atom. The van der Waals surface area contributed by atoms with Crippen molar-refractivity contribution in [2.45, 2.75) is 59.7 Å². The molecule has 1 aromatic rings. The zero-order valence-electron chi connectivity index (χ0n) is 14.2. The first kappa shape index (κ1) is 17.0. The minimum absolute atomic E-state index is 0.288. The van der Waals surface area contributed by atoms with Crippen molar-refractivity contribution >= 4 is 15.9 Å². The number of rotatable bonds is 3. The van der Waals surface area contributed by atoms with Gasteiger partial charge in [0.1, 0.15) is 0 Å². The Bertz CT molecular complexity index is 489. The van der Waals surface area contributed by atoms with Gasteiger partial charge in [-0.1, -0.05) is 27.7 Å². The Labute approximate surface area is 137 Å². The van der Waals surface area contributed by atoms with Crippen LogP contribution in [-0.2, 0) is 13.6 Å². The van der Waals surface area contributed by atoms with Gasteiger partial charge in [0.2, 0.25) is 0 Å². The van der Waals surface area contributed by atoms with Gasteiger partial charge >= 0.3 is 0 Å². The molecule has 4 nitrogen and oxygen atoms in total. The maximum absolute atomic E-state index is 4.52. The predicted octanol–water partition coefficient (Wildman–Crippen LogP) is 3.09. The highest BCUT2D eigenvalue weighted by Crippen LogP contribution is 2.27. The minimum Gasteiger partial charge on any atom is -0.311 e. The molecule has 2 heterocycles. The molecular formula is C16H29BrN4. The Kier molecular flexibility index (Phi) is 5.16. The molecule has 1 aromatic heterocycles. The molecular weight excluding hydrogens is 328 g/mol. The Hall–Kier alpha value is -0.390. The molecule has 0 radical (unpaired) electrons. The predicted molar refractivity (Wildman–Crippen MR) is 91.4 cm³/mol. The van der Waals surface area contributed by atoms with E-state index in [-0.39, 0.29) is 5.41 Å². The van der Waals surface area contributed by atoms with Gasteiger partial charge in [-0.15, -0.1) is 0 Å². The third kappa shape index (κ3) is 3.69. The molecule has 5 heteroatoms. The summed E-state index contributed by atoms with van der Waals surface area (Å²) in [5.74, 6) is 0. The summed E-state index contributed by atoms with van der Waals surface area (Å²) in [5, 5.41) is 8.26. The second-order valence-corrected chi connectivity index (χ2v) is 8.08. The molecule has 1 aliphatic rings. The molecule has 0 aliphatic carbocycles. The Morgan fingerprint density at radius 2 is 2.05 bits per heavy atom. The number of aryl methyl sites for hydroxylation is 2. The van der Waals surface area contributed by atoms with Crippen LogP contribution in [0.15, 0.2) is 4.47 Å². The van der Waals surface area contributed by atoms with E-state index in [0.29, 0.717) is 12.1 Å². The summed E-state index contributed by atoms with van der Waals surface area (Å²) < 4.78 is 3.17. The van der Waals surface area contributed by atoms with Crippen LogP contribution in [0.3, 0.4) is 0 Å². The number of halogens is 1. The van der Waals surface area contributed by atoms with E-state index in [1.807, 2.05) is 11.7 Å². The summed E-state index contributed by atoms with van der Waals surface area (Å²) in [6, 6.07) is 1.14. The van der Waals surface area contributed by atoms with Crippen LogP contribution < -0.4 is 5.32 Å². The van der Waals surface area contributed by atoms with E-state index in [9.17, 15) is 0 Å². The summed E-state index contributed by atoms with van der Waals surface area (Å²) >= 11 is 3.70. The lowest BCUT2D eigenvalue weighted by Gasteiger charge is -2.45. The molecule has 0 spiro atoms. The summed E-state index contributed by atoms with van der Waals surface area (Å²) in [4.78, 5) is 2.62. The summed E-state index contributed by atoms with van der Waals surface area (Å²) in [6.07, 6.45) is 1.18. The van der Waals surface area contributed by atoms with Crippen LogP contribution in [0.2, 0.25) is 0 Å². The second kappa shape index (κ2) is 6.39. The standard InChI is InChI=1S/C16H29BrN4/c1-7-12-8-18-14(16(3,4)5)10-21(12)9-13-15(17)11(2)19-20(13)6/h12,14,18H,7-10H2,1-6H3. The molecule has 1 N–H and O–H groups in total. The van der Waals surface area contributed by atoms with E-state index in [2.05, 4.69) is 65.9 Å². The van der Waals surface area contributed by atoms with Gasteiger partial charge in [-0.2, -0.15) is 5.10 Å². The number of hydrogen-bond donors (Lipinski definition) is 1. The quantitative estimate of drug-likeness (QED) is 0.903. The number of piperazine rings is 1. The molecule has 120 valence electrons. The number of nitrogens with one attached hydrogen (secondary N) is 1. The van der Waals surface area contributed by atoms with Gasteiger partial charge in [0.05, 0.1) is 15.9 Å². The van der Waals surface area contributed by atoms with Crippen molar-refractivity contribution in [3.05, 3.63) is 15.9 Å². The molecule has 1 aliphatic heterocycles. The maximum atomic E-state index is 4.52. The van der Waals surface area contributed by atoms with E-state index in [0.717, 1.165) is 29.8 Å². The first-order valence-corrected chi connectivity index (χ1v) is 8.68. The van der Waals surface area contributed by atoms with E-state index >= 15 is 0 Å². The highest BCUT2D eigenvalue weighted by Gasteiger charge is 2.34. The average molecular weight is 357 g/mol. The zero-order valence-corrected chi connectivity index (χ0v) is 15.8. The monoisotopic (exact) mass is 356 g/mol. The second-order valence-electron chi connectivity index (χ2n) is 7.29. The van der Waals surface area contributed by atoms with Crippen molar-refractivity contribution in [2.75, 3.05) is 13.1 Å². The molecule has 2 atom stereocenters. The van der Waals surface area contributed by atoms with Crippen LogP contribution in [0.25, 0.3) is 0 Å². The fourth-order valence-electron chi connectivity index (χ4n) is 3.08. The fraction of sp³-hybridized carbons (Fsp3) is 0.812. The molecule has 21 heavy (non-hydrogen) atoms. The van der Waals surface area contributed by atoms with Gasteiger partial charge in [-0.05, 0) is 34.7 Å². The van der Waals surface area contributed by atoms with Crippen molar-refractivity contribution in [2.24, 2.45) is 12.5 Å². The minimum atomic E-state index is 0.288. The zero-order chi connectivity index (χ0) is 15.8. The highest BCUT2D eigenvalue weighted by atomic mass is 79.9. The number of aromatic nitrogens is 2. The van der Waals surface area contributed by atoms with Crippen molar-refractivity contribution in [1.29, 1.82) is 0 Å². The molecule has 2 unspecified atom stereocenters. The Balaban J connectivity index is 2.18. The Morgan fingerprint density at radius 3 is 2.52 bits per heavy atom. The molecule has 0 amide bonds. The molecule has 2 rings (SSSR count). The van der Waals surface area contributed by atoms with Gasteiger partial charge in [-0.25, -0.2) is 0 Å². The molecule has 1 saturated heterocycles. The molecule has 0 saturated carbocycles. The largest absolute Gasteiger partial charge is 0.311 e. The van der Waals surface area contributed by atoms with Crippen LogP contribution in [0.4, 0.5) is 0 Å².